The van der Waals surface area contributed by atoms with Crippen molar-refractivity contribution in [1.29, 1.82) is 0 Å². The van der Waals surface area contributed by atoms with Crippen LogP contribution in [0.5, 0.6) is 0 Å². The fourth-order valence-electron chi connectivity index (χ4n) is 4.77. The normalized spacial score (nSPS) is 16.4. The maximum Gasteiger partial charge on any atom is 0.240 e. The first-order valence-electron chi connectivity index (χ1n) is 13.5. The summed E-state index contributed by atoms with van der Waals surface area (Å²) in [5.41, 5.74) is 0.953. The molecule has 1 saturated carbocycles. The lowest BCUT2D eigenvalue weighted by Gasteiger charge is -2.30. The predicted molar refractivity (Wildman–Crippen MR) is 149 cm³/mol. The van der Waals surface area contributed by atoms with Gasteiger partial charge in [-0.2, -0.15) is 0 Å². The zero-order valence-electron chi connectivity index (χ0n) is 22.7. The van der Waals surface area contributed by atoms with Gasteiger partial charge in [-0.25, -0.2) is 26.3 Å². The van der Waals surface area contributed by atoms with Gasteiger partial charge in [0.2, 0.25) is 20.0 Å². The van der Waals surface area contributed by atoms with E-state index in [1.807, 2.05) is 25.9 Å². The Balaban J connectivity index is 1.84. The van der Waals surface area contributed by atoms with Crippen LogP contribution in [-0.2, 0) is 20.0 Å². The molecule has 1 aliphatic rings. The third-order valence-electron chi connectivity index (χ3n) is 7.03. The van der Waals surface area contributed by atoms with Crippen LogP contribution in [0.3, 0.4) is 0 Å². The zero-order valence-corrected chi connectivity index (χ0v) is 24.3. The molecule has 0 aliphatic heterocycles. The van der Waals surface area contributed by atoms with Gasteiger partial charge in [0.05, 0.1) is 10.1 Å². The molecule has 36 heavy (non-hydrogen) atoms. The highest BCUT2D eigenvalue weighted by Gasteiger charge is 2.20. The van der Waals surface area contributed by atoms with Gasteiger partial charge in [0, 0.05) is 39.4 Å². The van der Waals surface area contributed by atoms with Gasteiger partial charge in [-0.05, 0) is 82.3 Å². The first-order chi connectivity index (χ1) is 17.0. The minimum Gasteiger partial charge on any atom is -0.378 e. The summed E-state index contributed by atoms with van der Waals surface area (Å²) in [6.45, 7) is 7.16. The van der Waals surface area contributed by atoms with E-state index in [4.69, 9.17) is 0 Å². The van der Waals surface area contributed by atoms with Crippen molar-refractivity contribution in [3.63, 3.8) is 0 Å². The highest BCUT2D eigenvalue weighted by molar-refractivity contribution is 7.90. The molecule has 2 N–H and O–H groups in total. The second-order valence-electron chi connectivity index (χ2n) is 10.3. The van der Waals surface area contributed by atoms with E-state index in [0.717, 1.165) is 38.2 Å². The van der Waals surface area contributed by atoms with Gasteiger partial charge in [0.15, 0.2) is 0 Å². The second-order valence-corrected chi connectivity index (χ2v) is 14.3. The van der Waals surface area contributed by atoms with Crippen LogP contribution in [0.4, 0.5) is 5.69 Å². The summed E-state index contributed by atoms with van der Waals surface area (Å²) < 4.78 is 55.6. The molecule has 1 aromatic rings. The van der Waals surface area contributed by atoms with Gasteiger partial charge in [0.25, 0.3) is 0 Å². The zero-order chi connectivity index (χ0) is 26.6. The molecule has 1 atom stereocenters. The summed E-state index contributed by atoms with van der Waals surface area (Å²) in [6.07, 6.45) is 9.32. The Morgan fingerprint density at radius 3 is 2.06 bits per heavy atom. The molecule has 1 unspecified atom stereocenters. The maximum atomic E-state index is 12.7. The maximum absolute atomic E-state index is 12.7. The van der Waals surface area contributed by atoms with Crippen LogP contribution in [-0.4, -0.2) is 73.8 Å². The van der Waals surface area contributed by atoms with Crippen molar-refractivity contribution in [2.24, 2.45) is 5.92 Å². The van der Waals surface area contributed by atoms with Crippen molar-refractivity contribution in [2.75, 3.05) is 51.7 Å². The van der Waals surface area contributed by atoms with Gasteiger partial charge in [-0.15, -0.1) is 0 Å². The summed E-state index contributed by atoms with van der Waals surface area (Å²) in [6, 6.07) is 6.88. The summed E-state index contributed by atoms with van der Waals surface area (Å²) in [5, 5.41) is -0.368. The number of benzene rings is 1. The van der Waals surface area contributed by atoms with Crippen LogP contribution in [0, 0.1) is 5.92 Å². The highest BCUT2D eigenvalue weighted by atomic mass is 32.2. The minimum atomic E-state index is -3.54. The van der Waals surface area contributed by atoms with E-state index in [-0.39, 0.29) is 10.1 Å². The number of sulfonamides is 2. The van der Waals surface area contributed by atoms with Gasteiger partial charge in [-0.3, -0.25) is 0 Å². The Labute approximate surface area is 220 Å². The average Bonchev–Trinajstić information content (AvgIpc) is 2.85. The lowest BCUT2D eigenvalue weighted by molar-refractivity contribution is 0.197. The number of nitrogens with zero attached hydrogens (tertiary/aromatic N) is 2. The fourth-order valence-corrected chi connectivity index (χ4v) is 7.10. The minimum absolute atomic E-state index is 0.275. The number of rotatable bonds is 17. The lowest BCUT2D eigenvalue weighted by Crippen LogP contribution is -2.37. The van der Waals surface area contributed by atoms with Crippen molar-refractivity contribution in [3.8, 4) is 0 Å². The van der Waals surface area contributed by atoms with E-state index < -0.39 is 20.0 Å². The molecule has 0 heterocycles. The van der Waals surface area contributed by atoms with Gasteiger partial charge in [-0.1, -0.05) is 32.6 Å². The van der Waals surface area contributed by atoms with E-state index in [2.05, 4.69) is 14.3 Å². The molecule has 1 aliphatic carbocycles. The van der Waals surface area contributed by atoms with E-state index in [1.54, 1.807) is 31.2 Å². The number of hydrogen-bond acceptors (Lipinski definition) is 6. The molecule has 0 radical (unpaired) electrons. The molecule has 8 nitrogen and oxygen atoms in total. The highest BCUT2D eigenvalue weighted by Crippen LogP contribution is 2.24. The van der Waals surface area contributed by atoms with E-state index in [1.165, 1.54) is 32.1 Å². The molecule has 0 saturated heterocycles. The molecule has 208 valence electrons. The molecular weight excluding hydrogens is 496 g/mol. The van der Waals surface area contributed by atoms with Crippen molar-refractivity contribution in [2.45, 2.75) is 81.8 Å². The summed E-state index contributed by atoms with van der Waals surface area (Å²) in [5.74, 6) is 0.673. The van der Waals surface area contributed by atoms with Gasteiger partial charge in [0.1, 0.15) is 0 Å². The standard InChI is InChI=1S/C26H48N4O4S2/c1-5-11-23(2)35(31,32)27-18-9-20-30(22-24-12-7-6-8-13-24)21-10-19-28-36(33,34)26-16-14-25(15-17-26)29(3)4/h14-17,23-24,27-28H,5-13,18-22H2,1-4H3. The monoisotopic (exact) mass is 544 g/mol. The van der Waals surface area contributed by atoms with Crippen molar-refractivity contribution >= 4 is 25.7 Å². The van der Waals surface area contributed by atoms with Crippen LogP contribution in [0.25, 0.3) is 0 Å². The van der Waals surface area contributed by atoms with Crippen molar-refractivity contribution in [3.05, 3.63) is 24.3 Å². The molecule has 1 fully saturated rings. The number of anilines is 1. The largest absolute Gasteiger partial charge is 0.378 e. The Hall–Kier alpha value is -1.20. The average molecular weight is 545 g/mol. The predicted octanol–water partition coefficient (Wildman–Crippen LogP) is 3.80. The van der Waals surface area contributed by atoms with Crippen LogP contribution < -0.4 is 14.3 Å². The number of hydrogen-bond donors (Lipinski definition) is 2. The quantitative estimate of drug-likeness (QED) is 0.290. The third kappa shape index (κ3) is 10.7. The Morgan fingerprint density at radius 2 is 1.50 bits per heavy atom. The van der Waals surface area contributed by atoms with Crippen molar-refractivity contribution < 1.29 is 16.8 Å². The van der Waals surface area contributed by atoms with E-state index >= 15 is 0 Å². The smallest absolute Gasteiger partial charge is 0.240 e. The molecule has 0 aromatic heterocycles. The molecule has 10 heteroatoms. The third-order valence-corrected chi connectivity index (χ3v) is 10.4. The second kappa shape index (κ2) is 15.3. The lowest BCUT2D eigenvalue weighted by atomic mass is 9.89. The molecule has 0 bridgehead atoms. The Bertz CT molecular complexity index is 960. The molecule has 1 aromatic carbocycles. The topological polar surface area (TPSA) is 98.8 Å². The van der Waals surface area contributed by atoms with E-state index in [9.17, 15) is 16.8 Å². The number of nitrogens with one attached hydrogen (secondary N) is 2. The molecular formula is C26H48N4O4S2. The first-order valence-corrected chi connectivity index (χ1v) is 16.6. The van der Waals surface area contributed by atoms with Crippen LogP contribution in [0.15, 0.2) is 29.2 Å². The molecule has 0 spiro atoms. The molecule has 0 amide bonds. The Kier molecular flexibility index (Phi) is 13.2. The van der Waals surface area contributed by atoms with Crippen molar-refractivity contribution in [1.82, 2.24) is 14.3 Å². The summed E-state index contributed by atoms with van der Waals surface area (Å²) in [4.78, 5) is 4.60. The SMILES string of the molecule is CCCC(C)S(=O)(=O)NCCCN(CCCNS(=O)(=O)c1ccc(N(C)C)cc1)CC1CCCCC1. The van der Waals surface area contributed by atoms with Crippen LogP contribution in [0.2, 0.25) is 0 Å². The van der Waals surface area contributed by atoms with Crippen LogP contribution in [0.1, 0.15) is 71.6 Å². The fraction of sp³-hybridized carbons (Fsp3) is 0.769. The Morgan fingerprint density at radius 1 is 0.917 bits per heavy atom. The molecule has 2 rings (SSSR count). The summed E-state index contributed by atoms with van der Waals surface area (Å²) >= 11 is 0. The van der Waals surface area contributed by atoms with E-state index in [0.29, 0.717) is 31.8 Å². The summed E-state index contributed by atoms with van der Waals surface area (Å²) in [7, 11) is -2.97. The van der Waals surface area contributed by atoms with Crippen LogP contribution >= 0.6 is 0 Å². The first kappa shape index (κ1) is 31.0. The van der Waals surface area contributed by atoms with Gasteiger partial charge < -0.3 is 9.80 Å². The van der Waals surface area contributed by atoms with Gasteiger partial charge >= 0.3 is 0 Å².